The van der Waals surface area contributed by atoms with Gasteiger partial charge in [0.15, 0.2) is 0 Å². The molecule has 0 aliphatic heterocycles. The van der Waals surface area contributed by atoms with Gasteiger partial charge in [-0.3, -0.25) is 0 Å². The van der Waals surface area contributed by atoms with Gasteiger partial charge in [-0.25, -0.2) is 4.79 Å². The van der Waals surface area contributed by atoms with Crippen molar-refractivity contribution in [3.05, 3.63) is 25.0 Å². The van der Waals surface area contributed by atoms with Crippen molar-refractivity contribution in [1.29, 1.82) is 0 Å². The summed E-state index contributed by atoms with van der Waals surface area (Å²) in [7, 11) is 1.33. The maximum Gasteiger partial charge on any atom is 0.333 e. The minimum Gasteiger partial charge on any atom is -0.497 e. The van der Waals surface area contributed by atoms with Gasteiger partial charge in [-0.15, -0.1) is 6.58 Å². The first-order valence-corrected chi connectivity index (χ1v) is 4.25. The maximum atomic E-state index is 10.6. The van der Waals surface area contributed by atoms with E-state index in [-0.39, 0.29) is 6.10 Å². The lowest BCUT2D eigenvalue weighted by atomic mass is 10.2. The number of carbonyl (C=O) groups excluding carboxylic acids is 1. The van der Waals surface area contributed by atoms with Crippen LogP contribution >= 0.6 is 0 Å². The van der Waals surface area contributed by atoms with Crippen LogP contribution in [-0.4, -0.2) is 19.2 Å². The summed E-state index contributed by atoms with van der Waals surface area (Å²) in [5, 5.41) is 0. The molecule has 1 atom stereocenters. The molecule has 0 bridgehead atoms. The summed E-state index contributed by atoms with van der Waals surface area (Å²) >= 11 is 0. The topological polar surface area (TPSA) is 35.5 Å². The van der Waals surface area contributed by atoms with Gasteiger partial charge in [0.25, 0.3) is 0 Å². The number of rotatable bonds is 6. The summed E-state index contributed by atoms with van der Waals surface area (Å²) in [5.41, 5.74) is 0. The molecular weight excluding hydrogens is 168 g/mol. The third kappa shape index (κ3) is 5.96. The lowest BCUT2D eigenvalue weighted by Gasteiger charge is -2.11. The summed E-state index contributed by atoms with van der Waals surface area (Å²) in [6, 6.07) is 0. The molecule has 0 aromatic carbocycles. The molecule has 0 aliphatic rings. The van der Waals surface area contributed by atoms with Crippen LogP contribution in [0.3, 0.4) is 0 Å². The van der Waals surface area contributed by atoms with Crippen LogP contribution in [0.2, 0.25) is 0 Å². The highest BCUT2D eigenvalue weighted by atomic mass is 16.5. The number of carbonyl (C=O) groups is 1. The molecular formula is C10H16O3. The van der Waals surface area contributed by atoms with Gasteiger partial charge in [0.2, 0.25) is 0 Å². The summed E-state index contributed by atoms with van der Waals surface area (Å²) in [5.74, 6) is -0.409. The smallest absolute Gasteiger partial charge is 0.333 e. The highest BCUT2D eigenvalue weighted by molar-refractivity contribution is 5.81. The third-order valence-corrected chi connectivity index (χ3v) is 1.56. The molecule has 0 heterocycles. The highest BCUT2D eigenvalue weighted by Crippen LogP contribution is 2.04. The van der Waals surface area contributed by atoms with Crippen molar-refractivity contribution < 1.29 is 14.3 Å². The molecule has 0 unspecified atom stereocenters. The average Bonchev–Trinajstić information content (AvgIpc) is 2.16. The average molecular weight is 184 g/mol. The predicted octanol–water partition coefficient (Wildman–Crippen LogP) is 2.04. The minimum atomic E-state index is -0.409. The Morgan fingerprint density at radius 2 is 2.31 bits per heavy atom. The van der Waals surface area contributed by atoms with Crippen molar-refractivity contribution in [3.8, 4) is 0 Å². The molecule has 0 rings (SSSR count). The summed E-state index contributed by atoms with van der Waals surface area (Å²) in [6.07, 6.45) is 6.17. The van der Waals surface area contributed by atoms with E-state index in [4.69, 9.17) is 4.74 Å². The zero-order valence-electron chi connectivity index (χ0n) is 8.16. The van der Waals surface area contributed by atoms with E-state index in [1.54, 1.807) is 6.08 Å². The van der Waals surface area contributed by atoms with Crippen molar-refractivity contribution in [3.63, 3.8) is 0 Å². The van der Waals surface area contributed by atoms with Crippen LogP contribution < -0.4 is 0 Å². The molecule has 0 aromatic heterocycles. The third-order valence-electron chi connectivity index (χ3n) is 1.56. The largest absolute Gasteiger partial charge is 0.497 e. The quantitative estimate of drug-likeness (QED) is 0.274. The summed E-state index contributed by atoms with van der Waals surface area (Å²) in [6.45, 7) is 5.63. The minimum absolute atomic E-state index is 0.0957. The van der Waals surface area contributed by atoms with Crippen LogP contribution in [0.4, 0.5) is 0 Å². The zero-order chi connectivity index (χ0) is 10.1. The molecule has 0 amide bonds. The summed E-state index contributed by atoms with van der Waals surface area (Å²) in [4.78, 5) is 10.6. The van der Waals surface area contributed by atoms with E-state index >= 15 is 0 Å². The lowest BCUT2D eigenvalue weighted by Crippen LogP contribution is -2.06. The van der Waals surface area contributed by atoms with E-state index in [9.17, 15) is 4.79 Å². The molecule has 0 saturated heterocycles. The fourth-order valence-electron chi connectivity index (χ4n) is 0.778. The van der Waals surface area contributed by atoms with Crippen LogP contribution in [0, 0.1) is 0 Å². The van der Waals surface area contributed by atoms with E-state index < -0.39 is 5.97 Å². The highest BCUT2D eigenvalue weighted by Gasteiger charge is 2.01. The Morgan fingerprint density at radius 1 is 1.62 bits per heavy atom. The molecule has 3 heteroatoms. The van der Waals surface area contributed by atoms with Crippen LogP contribution in [0.15, 0.2) is 25.0 Å². The van der Waals surface area contributed by atoms with E-state index in [1.807, 2.05) is 6.92 Å². The van der Waals surface area contributed by atoms with E-state index in [2.05, 4.69) is 11.3 Å². The number of hydrogen-bond acceptors (Lipinski definition) is 3. The normalized spacial score (nSPS) is 12.5. The molecule has 0 fully saturated rings. The van der Waals surface area contributed by atoms with Crippen LogP contribution in [-0.2, 0) is 14.3 Å². The van der Waals surface area contributed by atoms with E-state index in [0.717, 1.165) is 12.8 Å². The first-order valence-electron chi connectivity index (χ1n) is 4.25. The first kappa shape index (κ1) is 11.8. The predicted molar refractivity (Wildman–Crippen MR) is 51.1 cm³/mol. The van der Waals surface area contributed by atoms with Crippen molar-refractivity contribution in [1.82, 2.24) is 0 Å². The number of hydrogen-bond donors (Lipinski definition) is 0. The maximum absolute atomic E-state index is 10.6. The fraction of sp³-hybridized carbons (Fsp3) is 0.500. The molecule has 0 radical (unpaired) electrons. The monoisotopic (exact) mass is 184 g/mol. The van der Waals surface area contributed by atoms with E-state index in [0.29, 0.717) is 0 Å². The Bertz CT molecular complexity index is 185. The standard InChI is InChI=1S/C10H16O3/c1-4-6-9(5-2)13-8-7-10(11)12-3/h4,7-9H,1,5-6H2,2-3H3/b8-7+/t9-/m0/s1. The summed E-state index contributed by atoms with van der Waals surface area (Å²) < 4.78 is 9.65. The van der Waals surface area contributed by atoms with Crippen LogP contribution in [0.25, 0.3) is 0 Å². The van der Waals surface area contributed by atoms with Crippen LogP contribution in [0.1, 0.15) is 19.8 Å². The van der Waals surface area contributed by atoms with Crippen molar-refractivity contribution in [2.45, 2.75) is 25.9 Å². The van der Waals surface area contributed by atoms with Crippen LogP contribution in [0.5, 0.6) is 0 Å². The van der Waals surface area contributed by atoms with Gasteiger partial charge in [0.05, 0.1) is 19.4 Å². The molecule has 0 saturated carbocycles. The zero-order valence-corrected chi connectivity index (χ0v) is 8.16. The Kier molecular flexibility index (Phi) is 6.69. The van der Waals surface area contributed by atoms with Crippen molar-refractivity contribution in [2.24, 2.45) is 0 Å². The SMILES string of the molecule is C=CC[C@H](CC)O/C=C/C(=O)OC. The van der Waals surface area contributed by atoms with Gasteiger partial charge < -0.3 is 9.47 Å². The fourth-order valence-corrected chi connectivity index (χ4v) is 0.778. The van der Waals surface area contributed by atoms with Gasteiger partial charge >= 0.3 is 5.97 Å². The Morgan fingerprint density at radius 3 is 2.77 bits per heavy atom. The molecule has 74 valence electrons. The van der Waals surface area contributed by atoms with Gasteiger partial charge in [0.1, 0.15) is 6.10 Å². The van der Waals surface area contributed by atoms with Gasteiger partial charge in [-0.2, -0.15) is 0 Å². The second-order valence-electron chi connectivity index (χ2n) is 2.52. The number of esters is 1. The van der Waals surface area contributed by atoms with Gasteiger partial charge in [-0.05, 0) is 6.42 Å². The second kappa shape index (κ2) is 7.40. The molecule has 13 heavy (non-hydrogen) atoms. The molecule has 0 aliphatic carbocycles. The first-order chi connectivity index (χ1) is 6.24. The second-order valence-corrected chi connectivity index (χ2v) is 2.52. The number of methoxy groups -OCH3 is 1. The number of ether oxygens (including phenoxy) is 2. The van der Waals surface area contributed by atoms with Crippen molar-refractivity contribution in [2.75, 3.05) is 7.11 Å². The van der Waals surface area contributed by atoms with Gasteiger partial charge in [-0.1, -0.05) is 13.0 Å². The Balaban J connectivity index is 3.76. The lowest BCUT2D eigenvalue weighted by molar-refractivity contribution is -0.135. The van der Waals surface area contributed by atoms with E-state index in [1.165, 1.54) is 19.4 Å². The molecule has 0 N–H and O–H groups in total. The Labute approximate surface area is 79.0 Å². The Hall–Kier alpha value is -1.25. The molecule has 0 aromatic rings. The van der Waals surface area contributed by atoms with Gasteiger partial charge in [0, 0.05) is 6.42 Å². The molecule has 0 spiro atoms. The molecule has 3 nitrogen and oxygen atoms in total. The van der Waals surface area contributed by atoms with Crippen molar-refractivity contribution >= 4 is 5.97 Å².